The van der Waals surface area contributed by atoms with Gasteiger partial charge in [0.15, 0.2) is 11.5 Å². The van der Waals surface area contributed by atoms with E-state index in [1.54, 1.807) is 12.4 Å². The van der Waals surface area contributed by atoms with Gasteiger partial charge in [-0.3, -0.25) is 14.9 Å². The Balaban J connectivity index is 1.18. The number of aromatic amines is 2. The molecule has 2 aromatic carbocycles. The number of hydrogen-bond acceptors (Lipinski definition) is 7. The van der Waals surface area contributed by atoms with Gasteiger partial charge in [0.2, 0.25) is 5.91 Å². The Labute approximate surface area is 236 Å². The highest BCUT2D eigenvalue weighted by atomic mass is 16.1. The fourth-order valence-electron chi connectivity index (χ4n) is 5.29. The highest BCUT2D eigenvalue weighted by Crippen LogP contribution is 2.31. The number of H-pyrrole nitrogens is 2. The van der Waals surface area contributed by atoms with E-state index in [0.717, 1.165) is 65.2 Å². The van der Waals surface area contributed by atoms with E-state index in [1.807, 2.05) is 54.6 Å². The number of nitrogens with one attached hydrogen (secondary N) is 3. The van der Waals surface area contributed by atoms with Crippen LogP contribution >= 0.6 is 0 Å². The number of piperazine rings is 1. The van der Waals surface area contributed by atoms with Crippen molar-refractivity contribution in [2.75, 3.05) is 43.4 Å². The zero-order valence-electron chi connectivity index (χ0n) is 22.6. The highest BCUT2D eigenvalue weighted by molar-refractivity contribution is 5.95. The van der Waals surface area contributed by atoms with Gasteiger partial charge in [-0.2, -0.15) is 5.10 Å². The zero-order chi connectivity index (χ0) is 27.8. The van der Waals surface area contributed by atoms with Gasteiger partial charge in [-0.05, 0) is 42.9 Å². The van der Waals surface area contributed by atoms with Crippen LogP contribution in [0.5, 0.6) is 0 Å². The van der Waals surface area contributed by atoms with Crippen LogP contribution in [-0.2, 0) is 11.2 Å². The van der Waals surface area contributed by atoms with E-state index in [-0.39, 0.29) is 5.91 Å². The topological polar surface area (TPSA) is 119 Å². The molecule has 1 aliphatic rings. The summed E-state index contributed by atoms with van der Waals surface area (Å²) in [6, 6.07) is 21.7. The van der Waals surface area contributed by atoms with E-state index in [9.17, 15) is 4.79 Å². The second-order valence-electron chi connectivity index (χ2n) is 10.4. The van der Waals surface area contributed by atoms with Crippen LogP contribution in [0.2, 0.25) is 0 Å². The first-order chi connectivity index (χ1) is 20.1. The number of pyridine rings is 2. The lowest BCUT2D eigenvalue weighted by Gasteiger charge is -2.34. The monoisotopic (exact) mass is 543 g/mol. The number of carbonyl (C=O) groups excluding carboxylic acids is 1. The summed E-state index contributed by atoms with van der Waals surface area (Å²) in [4.78, 5) is 35.1. The molecule has 41 heavy (non-hydrogen) atoms. The van der Waals surface area contributed by atoms with Crippen molar-refractivity contribution < 1.29 is 4.79 Å². The molecule has 0 spiro atoms. The number of benzene rings is 2. The first-order valence-corrected chi connectivity index (χ1v) is 13.7. The Morgan fingerprint density at radius 1 is 0.902 bits per heavy atom. The van der Waals surface area contributed by atoms with Crippen LogP contribution in [-0.4, -0.2) is 74.2 Å². The van der Waals surface area contributed by atoms with E-state index in [0.29, 0.717) is 29.1 Å². The van der Waals surface area contributed by atoms with E-state index in [2.05, 4.69) is 54.5 Å². The molecule has 0 atom stereocenters. The molecule has 0 aliphatic carbocycles. The molecule has 7 rings (SSSR count). The Bertz CT molecular complexity index is 1850. The quantitative estimate of drug-likeness (QED) is 0.283. The largest absolute Gasteiger partial charge is 0.367 e. The van der Waals surface area contributed by atoms with Crippen molar-refractivity contribution in [1.29, 1.82) is 0 Å². The smallest absolute Gasteiger partial charge is 0.228 e. The third kappa shape index (κ3) is 5.01. The third-order valence-corrected chi connectivity index (χ3v) is 7.49. The molecule has 0 unspecified atom stereocenters. The molecule has 3 N–H and O–H groups in total. The standard InChI is InChI=1S/C31H29N9O/c1-39-12-14-40(15-13-39)26-9-5-8-24-28(26)36-31(35-24)30-29-25(37-38-30)11-10-23(34-29)21-17-22(19-32-18-21)33-27(41)16-20-6-3-2-4-7-20/h2-11,17-19H,12-16H2,1H3,(H,33,41)(H,35,36)(H,37,38). The molecule has 1 aliphatic heterocycles. The zero-order valence-corrected chi connectivity index (χ0v) is 22.6. The Hall–Kier alpha value is -5.09. The van der Waals surface area contributed by atoms with Crippen molar-refractivity contribution in [2.45, 2.75) is 6.42 Å². The Morgan fingerprint density at radius 3 is 2.61 bits per heavy atom. The number of carbonyl (C=O) groups is 1. The van der Waals surface area contributed by atoms with Crippen molar-refractivity contribution in [1.82, 2.24) is 35.0 Å². The van der Waals surface area contributed by atoms with Crippen LogP contribution in [0.25, 0.3) is 44.8 Å². The molecule has 1 fully saturated rings. The normalized spacial score (nSPS) is 14.1. The summed E-state index contributed by atoms with van der Waals surface area (Å²) in [7, 11) is 2.16. The first kappa shape index (κ1) is 24.9. The lowest BCUT2D eigenvalue weighted by molar-refractivity contribution is -0.115. The van der Waals surface area contributed by atoms with E-state index >= 15 is 0 Å². The molecule has 204 valence electrons. The van der Waals surface area contributed by atoms with Gasteiger partial charge in [-0.1, -0.05) is 36.4 Å². The number of rotatable bonds is 6. The maximum absolute atomic E-state index is 12.6. The van der Waals surface area contributed by atoms with Crippen LogP contribution in [0.4, 0.5) is 11.4 Å². The predicted octanol–water partition coefficient (Wildman–Crippen LogP) is 4.50. The maximum atomic E-state index is 12.6. The van der Waals surface area contributed by atoms with E-state index < -0.39 is 0 Å². The van der Waals surface area contributed by atoms with Crippen molar-refractivity contribution in [3.8, 4) is 22.8 Å². The minimum absolute atomic E-state index is 0.100. The average molecular weight is 544 g/mol. The molecule has 5 heterocycles. The Kier molecular flexibility index (Phi) is 6.36. The molecule has 1 amide bonds. The SMILES string of the molecule is CN1CCN(c2cccc3[nH]c(-c4n[nH]c5ccc(-c6cncc(NC(=O)Cc7ccccc7)c6)nc45)nc23)CC1. The summed E-state index contributed by atoms with van der Waals surface area (Å²) >= 11 is 0. The summed E-state index contributed by atoms with van der Waals surface area (Å²) in [5.74, 6) is 0.564. The fourth-order valence-corrected chi connectivity index (χ4v) is 5.29. The number of imidazole rings is 1. The number of nitrogens with zero attached hydrogens (tertiary/aromatic N) is 6. The lowest BCUT2D eigenvalue weighted by atomic mass is 10.1. The molecule has 1 saturated heterocycles. The third-order valence-electron chi connectivity index (χ3n) is 7.49. The van der Waals surface area contributed by atoms with Crippen LogP contribution in [0.15, 0.2) is 79.1 Å². The maximum Gasteiger partial charge on any atom is 0.228 e. The Morgan fingerprint density at radius 2 is 1.76 bits per heavy atom. The predicted molar refractivity (Wildman–Crippen MR) is 161 cm³/mol. The minimum atomic E-state index is -0.100. The lowest BCUT2D eigenvalue weighted by Crippen LogP contribution is -2.44. The summed E-state index contributed by atoms with van der Waals surface area (Å²) < 4.78 is 0. The fraction of sp³-hybridized carbons (Fsp3) is 0.194. The van der Waals surface area contributed by atoms with Gasteiger partial charge in [-0.15, -0.1) is 0 Å². The number of para-hydroxylation sites is 1. The number of amides is 1. The average Bonchev–Trinajstić information content (AvgIpc) is 3.62. The molecule has 10 heteroatoms. The van der Waals surface area contributed by atoms with Crippen LogP contribution in [0, 0.1) is 0 Å². The summed E-state index contributed by atoms with van der Waals surface area (Å²) in [6.07, 6.45) is 3.67. The van der Waals surface area contributed by atoms with Gasteiger partial charge in [0.05, 0.1) is 40.7 Å². The molecule has 10 nitrogen and oxygen atoms in total. The number of likely N-dealkylation sites (N-methyl/N-ethyl adjacent to an activating group) is 1. The summed E-state index contributed by atoms with van der Waals surface area (Å²) in [6.45, 7) is 3.98. The van der Waals surface area contributed by atoms with Crippen molar-refractivity contribution in [3.63, 3.8) is 0 Å². The second-order valence-corrected chi connectivity index (χ2v) is 10.4. The number of anilines is 2. The number of hydrogen-bond donors (Lipinski definition) is 3. The summed E-state index contributed by atoms with van der Waals surface area (Å²) in [5, 5.41) is 10.6. The van der Waals surface area contributed by atoms with Gasteiger partial charge < -0.3 is 20.1 Å². The van der Waals surface area contributed by atoms with Crippen LogP contribution < -0.4 is 10.2 Å². The number of aromatic nitrogens is 6. The molecule has 0 bridgehead atoms. The minimum Gasteiger partial charge on any atom is -0.367 e. The molecular formula is C31H29N9O. The first-order valence-electron chi connectivity index (χ1n) is 13.7. The van der Waals surface area contributed by atoms with Crippen LogP contribution in [0.1, 0.15) is 5.56 Å². The van der Waals surface area contributed by atoms with E-state index in [4.69, 9.17) is 9.97 Å². The summed E-state index contributed by atoms with van der Waals surface area (Å²) in [5.41, 5.74) is 8.28. The van der Waals surface area contributed by atoms with Crippen molar-refractivity contribution in [3.05, 3.63) is 84.7 Å². The molecule has 0 saturated carbocycles. The van der Waals surface area contributed by atoms with Gasteiger partial charge in [0.25, 0.3) is 0 Å². The molecular weight excluding hydrogens is 514 g/mol. The van der Waals surface area contributed by atoms with Gasteiger partial charge >= 0.3 is 0 Å². The van der Waals surface area contributed by atoms with Crippen molar-refractivity contribution in [2.24, 2.45) is 0 Å². The second kappa shape index (κ2) is 10.5. The number of fused-ring (bicyclic) bond motifs is 2. The molecule has 0 radical (unpaired) electrons. The van der Waals surface area contributed by atoms with Gasteiger partial charge in [0.1, 0.15) is 11.0 Å². The van der Waals surface area contributed by atoms with Gasteiger partial charge in [-0.25, -0.2) is 9.97 Å². The molecule has 4 aromatic heterocycles. The molecule has 6 aromatic rings. The van der Waals surface area contributed by atoms with Crippen LogP contribution in [0.3, 0.4) is 0 Å². The van der Waals surface area contributed by atoms with E-state index in [1.165, 1.54) is 0 Å². The van der Waals surface area contributed by atoms with Crippen molar-refractivity contribution >= 4 is 39.3 Å². The van der Waals surface area contributed by atoms with Gasteiger partial charge in [0, 0.05) is 37.9 Å². The highest BCUT2D eigenvalue weighted by Gasteiger charge is 2.20.